The maximum absolute atomic E-state index is 13.1. The average molecular weight is 413 g/mol. The fraction of sp³-hybridized carbons (Fsp3) is 0.524. The lowest BCUT2D eigenvalue weighted by molar-refractivity contribution is -0.120. The van der Waals surface area contributed by atoms with E-state index in [4.69, 9.17) is 9.47 Å². The van der Waals surface area contributed by atoms with Crippen LogP contribution in [0.25, 0.3) is 0 Å². The molecule has 0 saturated carbocycles. The van der Waals surface area contributed by atoms with Crippen molar-refractivity contribution >= 4 is 17.6 Å². The molecule has 1 saturated heterocycles. The zero-order chi connectivity index (χ0) is 21.3. The van der Waals surface area contributed by atoms with Crippen molar-refractivity contribution in [1.29, 1.82) is 0 Å². The first-order valence-corrected chi connectivity index (χ1v) is 10.2. The van der Waals surface area contributed by atoms with Crippen LogP contribution in [0, 0.1) is 5.92 Å². The summed E-state index contributed by atoms with van der Waals surface area (Å²) in [6, 6.07) is 5.58. The zero-order valence-corrected chi connectivity index (χ0v) is 17.5. The van der Waals surface area contributed by atoms with Crippen LogP contribution < -0.4 is 5.32 Å². The lowest BCUT2D eigenvalue weighted by atomic mass is 10.1. The van der Waals surface area contributed by atoms with Crippen molar-refractivity contribution in [3.8, 4) is 0 Å². The highest BCUT2D eigenvalue weighted by molar-refractivity contribution is 5.95. The number of carbonyl (C=O) groups excluding carboxylic acids is 2. The van der Waals surface area contributed by atoms with Crippen molar-refractivity contribution in [3.63, 3.8) is 0 Å². The Morgan fingerprint density at radius 1 is 1.30 bits per heavy atom. The van der Waals surface area contributed by atoms with E-state index in [9.17, 15) is 9.59 Å². The second-order valence-electron chi connectivity index (χ2n) is 8.29. The number of hydrogen-bond donors (Lipinski definition) is 1. The molecule has 3 heterocycles. The number of aromatic nitrogens is 3. The molecule has 30 heavy (non-hydrogen) atoms. The van der Waals surface area contributed by atoms with Crippen LogP contribution in [0.4, 0.5) is 5.69 Å². The zero-order valence-electron chi connectivity index (χ0n) is 17.5. The molecule has 0 aliphatic carbocycles. The molecule has 2 aromatic rings. The van der Waals surface area contributed by atoms with E-state index in [0.717, 1.165) is 17.8 Å². The van der Waals surface area contributed by atoms with E-state index >= 15 is 0 Å². The standard InChI is InChI=1S/C21H27N5O4/c1-13(2)8-25-9-17(26-10-18(23-24-26)21(28)29-3)7-19(25)20(27)22-16-5-4-14-11-30-12-15(14)6-16/h4-6,10,13,17,19H,7-9,11-12H2,1-3H3,(H,22,27)/t17-,19+/m1/s1. The molecule has 1 aromatic carbocycles. The van der Waals surface area contributed by atoms with E-state index in [1.807, 2.05) is 18.2 Å². The largest absolute Gasteiger partial charge is 0.464 e. The summed E-state index contributed by atoms with van der Waals surface area (Å²) in [6.45, 7) is 6.94. The number of anilines is 1. The van der Waals surface area contributed by atoms with Crippen LogP contribution in [0.5, 0.6) is 0 Å². The molecule has 0 radical (unpaired) electrons. The Bertz CT molecular complexity index is 941. The highest BCUT2D eigenvalue weighted by Gasteiger charge is 2.38. The minimum atomic E-state index is -0.520. The Kier molecular flexibility index (Phi) is 5.83. The van der Waals surface area contributed by atoms with Crippen LogP contribution in [0.2, 0.25) is 0 Å². The van der Waals surface area contributed by atoms with Gasteiger partial charge in [0, 0.05) is 18.8 Å². The Morgan fingerprint density at radius 2 is 2.10 bits per heavy atom. The van der Waals surface area contributed by atoms with E-state index in [1.54, 1.807) is 10.9 Å². The van der Waals surface area contributed by atoms with Crippen molar-refractivity contribution in [2.75, 3.05) is 25.5 Å². The topological polar surface area (TPSA) is 98.6 Å². The molecule has 1 fully saturated rings. The Morgan fingerprint density at radius 3 is 2.87 bits per heavy atom. The molecule has 9 heteroatoms. The third kappa shape index (κ3) is 4.22. The SMILES string of the molecule is COC(=O)c1cn([C@@H]2C[C@@H](C(=O)Nc3ccc4c(c3)COC4)N(CC(C)C)C2)nn1. The summed E-state index contributed by atoms with van der Waals surface area (Å²) in [5, 5.41) is 11.1. The van der Waals surface area contributed by atoms with Crippen LogP contribution in [-0.4, -0.2) is 58.0 Å². The van der Waals surface area contributed by atoms with Crippen molar-refractivity contribution in [2.45, 2.75) is 45.6 Å². The summed E-state index contributed by atoms with van der Waals surface area (Å²) < 4.78 is 11.8. The number of ether oxygens (including phenoxy) is 2. The second kappa shape index (κ2) is 8.53. The summed E-state index contributed by atoms with van der Waals surface area (Å²) in [5.41, 5.74) is 3.24. The number of nitrogens with one attached hydrogen (secondary N) is 1. The van der Waals surface area contributed by atoms with Crippen molar-refractivity contribution < 1.29 is 19.1 Å². The Labute approximate surface area is 175 Å². The first-order valence-electron chi connectivity index (χ1n) is 10.2. The summed E-state index contributed by atoms with van der Waals surface area (Å²) in [7, 11) is 1.31. The third-order valence-corrected chi connectivity index (χ3v) is 5.55. The van der Waals surface area contributed by atoms with Gasteiger partial charge < -0.3 is 14.8 Å². The lowest BCUT2D eigenvalue weighted by Gasteiger charge is -2.25. The summed E-state index contributed by atoms with van der Waals surface area (Å²) in [4.78, 5) is 27.0. The predicted molar refractivity (Wildman–Crippen MR) is 109 cm³/mol. The van der Waals surface area contributed by atoms with E-state index in [-0.39, 0.29) is 23.7 Å². The molecule has 2 atom stereocenters. The molecule has 160 valence electrons. The highest BCUT2D eigenvalue weighted by atomic mass is 16.5. The van der Waals surface area contributed by atoms with Gasteiger partial charge in [0.25, 0.3) is 0 Å². The number of carbonyl (C=O) groups is 2. The van der Waals surface area contributed by atoms with Crippen LogP contribution in [0.3, 0.4) is 0 Å². The van der Waals surface area contributed by atoms with Gasteiger partial charge in [0.15, 0.2) is 5.69 Å². The predicted octanol–water partition coefficient (Wildman–Crippen LogP) is 2.00. The normalized spacial score (nSPS) is 21.1. The van der Waals surface area contributed by atoms with Crippen LogP contribution >= 0.6 is 0 Å². The van der Waals surface area contributed by atoms with Crippen molar-refractivity contribution in [3.05, 3.63) is 41.2 Å². The van der Waals surface area contributed by atoms with Crippen LogP contribution in [0.1, 0.15) is 47.9 Å². The fourth-order valence-corrected chi connectivity index (χ4v) is 4.14. The van der Waals surface area contributed by atoms with Gasteiger partial charge in [-0.05, 0) is 35.6 Å². The average Bonchev–Trinajstić information content (AvgIpc) is 3.45. The van der Waals surface area contributed by atoms with E-state index < -0.39 is 5.97 Å². The molecule has 1 aromatic heterocycles. The maximum atomic E-state index is 13.1. The number of esters is 1. The van der Waals surface area contributed by atoms with Gasteiger partial charge >= 0.3 is 5.97 Å². The first kappa shape index (κ1) is 20.5. The number of fused-ring (bicyclic) bond motifs is 1. The molecule has 1 N–H and O–H groups in total. The third-order valence-electron chi connectivity index (χ3n) is 5.55. The molecular weight excluding hydrogens is 386 g/mol. The van der Waals surface area contributed by atoms with Gasteiger partial charge in [-0.3, -0.25) is 9.69 Å². The molecule has 0 unspecified atom stereocenters. The molecule has 0 bridgehead atoms. The van der Waals surface area contributed by atoms with Gasteiger partial charge in [-0.15, -0.1) is 5.10 Å². The number of nitrogens with zero attached hydrogens (tertiary/aromatic N) is 4. The monoisotopic (exact) mass is 413 g/mol. The molecule has 2 aliphatic heterocycles. The molecule has 9 nitrogen and oxygen atoms in total. The van der Waals surface area contributed by atoms with Crippen molar-refractivity contribution in [1.82, 2.24) is 19.9 Å². The van der Waals surface area contributed by atoms with Gasteiger partial charge in [-0.1, -0.05) is 25.1 Å². The Hall–Kier alpha value is -2.78. The van der Waals surface area contributed by atoms with E-state index in [1.165, 1.54) is 12.7 Å². The second-order valence-corrected chi connectivity index (χ2v) is 8.29. The number of methoxy groups -OCH3 is 1. The van der Waals surface area contributed by atoms with Gasteiger partial charge in [-0.2, -0.15) is 0 Å². The van der Waals surface area contributed by atoms with Gasteiger partial charge in [0.1, 0.15) is 0 Å². The van der Waals surface area contributed by atoms with E-state index in [0.29, 0.717) is 32.1 Å². The van der Waals surface area contributed by atoms with Crippen LogP contribution in [0.15, 0.2) is 24.4 Å². The number of likely N-dealkylation sites (tertiary alicyclic amines) is 1. The maximum Gasteiger partial charge on any atom is 0.360 e. The van der Waals surface area contributed by atoms with E-state index in [2.05, 4.69) is 34.4 Å². The molecule has 0 spiro atoms. The molecule has 1 amide bonds. The molecule has 4 rings (SSSR count). The van der Waals surface area contributed by atoms with Gasteiger partial charge in [0.05, 0.1) is 38.6 Å². The summed E-state index contributed by atoms with van der Waals surface area (Å²) in [5.74, 6) is -0.143. The molecular formula is C21H27N5O4. The Balaban J connectivity index is 1.49. The minimum absolute atomic E-state index is 0.0367. The number of rotatable bonds is 6. The fourth-order valence-electron chi connectivity index (χ4n) is 4.14. The number of benzene rings is 1. The lowest BCUT2D eigenvalue weighted by Crippen LogP contribution is -2.41. The number of hydrogen-bond acceptors (Lipinski definition) is 7. The van der Waals surface area contributed by atoms with Crippen LogP contribution in [-0.2, 0) is 27.5 Å². The number of amides is 1. The summed E-state index contributed by atoms with van der Waals surface area (Å²) in [6.07, 6.45) is 2.18. The molecule has 2 aliphatic rings. The summed E-state index contributed by atoms with van der Waals surface area (Å²) >= 11 is 0. The smallest absolute Gasteiger partial charge is 0.360 e. The quantitative estimate of drug-likeness (QED) is 0.723. The van der Waals surface area contributed by atoms with Gasteiger partial charge in [0.2, 0.25) is 5.91 Å². The van der Waals surface area contributed by atoms with Crippen molar-refractivity contribution in [2.24, 2.45) is 5.92 Å². The van der Waals surface area contributed by atoms with Gasteiger partial charge in [-0.25, -0.2) is 9.48 Å². The highest BCUT2D eigenvalue weighted by Crippen LogP contribution is 2.29. The minimum Gasteiger partial charge on any atom is -0.464 e. The first-order chi connectivity index (χ1) is 14.4.